The van der Waals surface area contributed by atoms with E-state index in [4.69, 9.17) is 23.2 Å². The van der Waals surface area contributed by atoms with Gasteiger partial charge >= 0.3 is 0 Å². The molecule has 0 bridgehead atoms. The summed E-state index contributed by atoms with van der Waals surface area (Å²) in [5.74, 6) is -0.854. The predicted octanol–water partition coefficient (Wildman–Crippen LogP) is 4.55. The average molecular weight is 447 g/mol. The number of benzene rings is 2. The average Bonchev–Trinajstić information content (AvgIpc) is 2.61. The molecule has 1 N–H and O–H groups in total. The highest BCUT2D eigenvalue weighted by Gasteiger charge is 2.32. The lowest BCUT2D eigenvalue weighted by molar-refractivity contribution is -0.122. The number of halogens is 3. The Morgan fingerprint density at radius 3 is 2.25 bits per heavy atom. The molecular formula is C19H21Cl2FN2O3S. The number of hydrogen-bond donors (Lipinski definition) is 1. The smallest absolute Gasteiger partial charge is 0.244 e. The van der Waals surface area contributed by atoms with Gasteiger partial charge < -0.3 is 5.32 Å². The van der Waals surface area contributed by atoms with Gasteiger partial charge in [-0.25, -0.2) is 12.8 Å². The van der Waals surface area contributed by atoms with Gasteiger partial charge in [0.05, 0.1) is 28.0 Å². The van der Waals surface area contributed by atoms with Crippen LogP contribution in [0, 0.1) is 5.82 Å². The number of amides is 1. The molecule has 1 amide bonds. The van der Waals surface area contributed by atoms with Crippen LogP contribution >= 0.6 is 23.2 Å². The van der Waals surface area contributed by atoms with Gasteiger partial charge in [0.15, 0.2) is 0 Å². The Bertz CT molecular complexity index is 952. The van der Waals surface area contributed by atoms with E-state index in [1.807, 2.05) is 0 Å². The van der Waals surface area contributed by atoms with E-state index in [1.54, 1.807) is 26.0 Å². The number of sulfonamides is 1. The Balaban J connectivity index is 2.33. The lowest BCUT2D eigenvalue weighted by Gasteiger charge is -2.31. The quantitative estimate of drug-likeness (QED) is 0.677. The second kappa shape index (κ2) is 9.11. The summed E-state index contributed by atoms with van der Waals surface area (Å²) in [6.07, 6.45) is 1.25. The molecule has 0 spiro atoms. The number of carbonyl (C=O) groups excluding carboxylic acids is 1. The summed E-state index contributed by atoms with van der Waals surface area (Å²) < 4.78 is 39.0. The number of nitrogens with one attached hydrogen (secondary N) is 1. The lowest BCUT2D eigenvalue weighted by atomic mass is 10.1. The number of carbonyl (C=O) groups is 1. The molecule has 2 aromatic carbocycles. The van der Waals surface area contributed by atoms with Crippen LogP contribution in [0.1, 0.15) is 31.9 Å². The standard InChI is InChI=1S/C19H21Cl2FN2O3S/c1-4-18(19(25)23-12(2)13-5-7-14(22)8-6-13)24(28(3,26)27)15-9-10-16(20)17(21)11-15/h5-12,18H,4H2,1-3H3,(H,23,25)/t12-,18+/m1/s1. The molecule has 0 aliphatic heterocycles. The molecule has 0 heterocycles. The molecule has 9 heteroatoms. The zero-order valence-corrected chi connectivity index (χ0v) is 17.9. The maximum atomic E-state index is 13.1. The van der Waals surface area contributed by atoms with Gasteiger partial charge in [-0.1, -0.05) is 42.3 Å². The second-order valence-electron chi connectivity index (χ2n) is 6.36. The molecule has 0 fully saturated rings. The topological polar surface area (TPSA) is 66.5 Å². The Morgan fingerprint density at radius 2 is 1.75 bits per heavy atom. The largest absolute Gasteiger partial charge is 0.348 e. The molecule has 0 aliphatic carbocycles. The first-order valence-corrected chi connectivity index (χ1v) is 11.1. The van der Waals surface area contributed by atoms with Crippen LogP contribution in [0.3, 0.4) is 0 Å². The minimum atomic E-state index is -3.79. The van der Waals surface area contributed by atoms with Crippen molar-refractivity contribution in [1.29, 1.82) is 0 Å². The Labute approximate surface area is 174 Å². The van der Waals surface area contributed by atoms with Gasteiger partial charge in [0.2, 0.25) is 15.9 Å². The molecule has 152 valence electrons. The van der Waals surface area contributed by atoms with E-state index in [-0.39, 0.29) is 28.0 Å². The van der Waals surface area contributed by atoms with E-state index >= 15 is 0 Å². The highest BCUT2D eigenvalue weighted by atomic mass is 35.5. The monoisotopic (exact) mass is 446 g/mol. The molecule has 0 aromatic heterocycles. The summed E-state index contributed by atoms with van der Waals surface area (Å²) in [6, 6.07) is 8.68. The molecule has 2 rings (SSSR count). The van der Waals surface area contributed by atoms with Crippen LogP contribution in [0.5, 0.6) is 0 Å². The van der Waals surface area contributed by atoms with Gasteiger partial charge in [0.1, 0.15) is 11.9 Å². The molecular weight excluding hydrogens is 426 g/mol. The molecule has 0 saturated carbocycles. The van der Waals surface area contributed by atoms with Gasteiger partial charge in [-0.15, -0.1) is 0 Å². The first kappa shape index (κ1) is 22.5. The van der Waals surface area contributed by atoms with Gasteiger partial charge in [0, 0.05) is 0 Å². The Hall–Kier alpha value is -1.83. The summed E-state index contributed by atoms with van der Waals surface area (Å²) in [5.41, 5.74) is 0.943. The summed E-state index contributed by atoms with van der Waals surface area (Å²) in [7, 11) is -3.79. The van der Waals surface area contributed by atoms with E-state index in [2.05, 4.69) is 5.32 Å². The highest BCUT2D eigenvalue weighted by molar-refractivity contribution is 7.92. The van der Waals surface area contributed by atoms with Gasteiger partial charge in [-0.2, -0.15) is 0 Å². The zero-order chi connectivity index (χ0) is 21.1. The summed E-state index contributed by atoms with van der Waals surface area (Å²) in [5, 5.41) is 3.25. The van der Waals surface area contributed by atoms with Crippen LogP contribution in [0.2, 0.25) is 10.0 Å². The third-order valence-electron chi connectivity index (χ3n) is 4.22. The van der Waals surface area contributed by atoms with Gasteiger partial charge in [0.25, 0.3) is 0 Å². The van der Waals surface area contributed by atoms with Crippen molar-refractivity contribution in [3.63, 3.8) is 0 Å². The molecule has 28 heavy (non-hydrogen) atoms. The van der Waals surface area contributed by atoms with E-state index in [1.165, 1.54) is 30.3 Å². The Kier molecular flexibility index (Phi) is 7.31. The molecule has 5 nitrogen and oxygen atoms in total. The highest BCUT2D eigenvalue weighted by Crippen LogP contribution is 2.30. The lowest BCUT2D eigenvalue weighted by Crippen LogP contribution is -2.49. The van der Waals surface area contributed by atoms with Crippen molar-refractivity contribution in [3.8, 4) is 0 Å². The van der Waals surface area contributed by atoms with E-state index in [9.17, 15) is 17.6 Å². The van der Waals surface area contributed by atoms with Crippen molar-refractivity contribution in [2.45, 2.75) is 32.4 Å². The minimum Gasteiger partial charge on any atom is -0.348 e. The van der Waals surface area contributed by atoms with Crippen LogP contribution in [0.25, 0.3) is 0 Å². The van der Waals surface area contributed by atoms with Crippen molar-refractivity contribution in [3.05, 3.63) is 63.9 Å². The van der Waals surface area contributed by atoms with Crippen molar-refractivity contribution in [2.24, 2.45) is 0 Å². The van der Waals surface area contributed by atoms with Gasteiger partial charge in [-0.05, 0) is 49.2 Å². The minimum absolute atomic E-state index is 0.183. The number of rotatable bonds is 7. The molecule has 0 saturated heterocycles. The molecule has 0 aliphatic rings. The molecule has 0 radical (unpaired) electrons. The fourth-order valence-electron chi connectivity index (χ4n) is 2.83. The fraction of sp³-hybridized carbons (Fsp3) is 0.316. The van der Waals surface area contributed by atoms with Crippen molar-refractivity contribution in [1.82, 2.24) is 5.32 Å². The fourth-order valence-corrected chi connectivity index (χ4v) is 4.32. The third-order valence-corrected chi connectivity index (χ3v) is 6.14. The summed E-state index contributed by atoms with van der Waals surface area (Å²) in [4.78, 5) is 12.9. The van der Waals surface area contributed by atoms with E-state index in [0.29, 0.717) is 5.56 Å². The number of hydrogen-bond acceptors (Lipinski definition) is 3. The zero-order valence-electron chi connectivity index (χ0n) is 15.6. The summed E-state index contributed by atoms with van der Waals surface area (Å²) >= 11 is 11.9. The van der Waals surface area contributed by atoms with Crippen LogP contribution in [0.15, 0.2) is 42.5 Å². The molecule has 0 unspecified atom stereocenters. The first-order valence-electron chi connectivity index (χ1n) is 8.55. The Morgan fingerprint density at radius 1 is 1.14 bits per heavy atom. The van der Waals surface area contributed by atoms with Crippen molar-refractivity contribution < 1.29 is 17.6 Å². The first-order chi connectivity index (χ1) is 13.0. The molecule has 2 aromatic rings. The normalized spacial score (nSPS) is 13.6. The van der Waals surface area contributed by atoms with Crippen LogP contribution in [-0.2, 0) is 14.8 Å². The predicted molar refractivity (Wildman–Crippen MR) is 111 cm³/mol. The van der Waals surface area contributed by atoms with Gasteiger partial charge in [-0.3, -0.25) is 9.10 Å². The van der Waals surface area contributed by atoms with Crippen molar-refractivity contribution in [2.75, 3.05) is 10.6 Å². The third kappa shape index (κ3) is 5.37. The van der Waals surface area contributed by atoms with Crippen LogP contribution in [-0.4, -0.2) is 26.6 Å². The SMILES string of the molecule is CC[C@@H](C(=O)N[C@H](C)c1ccc(F)cc1)N(c1ccc(Cl)c(Cl)c1)S(C)(=O)=O. The maximum Gasteiger partial charge on any atom is 0.244 e. The van der Waals surface area contributed by atoms with Crippen LogP contribution in [0.4, 0.5) is 10.1 Å². The second-order valence-corrected chi connectivity index (χ2v) is 9.04. The number of anilines is 1. The molecule has 2 atom stereocenters. The van der Waals surface area contributed by atoms with E-state index in [0.717, 1.165) is 10.6 Å². The van der Waals surface area contributed by atoms with Crippen LogP contribution < -0.4 is 9.62 Å². The maximum absolute atomic E-state index is 13.1. The number of nitrogens with zero attached hydrogens (tertiary/aromatic N) is 1. The van der Waals surface area contributed by atoms with E-state index < -0.39 is 28.0 Å². The van der Waals surface area contributed by atoms with Crippen molar-refractivity contribution >= 4 is 44.8 Å². The summed E-state index contributed by atoms with van der Waals surface area (Å²) in [6.45, 7) is 3.45.